The summed E-state index contributed by atoms with van der Waals surface area (Å²) in [4.78, 5) is 23.5. The lowest BCUT2D eigenvalue weighted by molar-refractivity contribution is -0.183. The molecule has 2 fully saturated rings. The van der Waals surface area contributed by atoms with E-state index in [9.17, 15) is 10.1 Å². The predicted molar refractivity (Wildman–Crippen MR) is 117 cm³/mol. The van der Waals surface area contributed by atoms with E-state index in [2.05, 4.69) is 16.2 Å². The molecule has 0 N–H and O–H groups in total. The van der Waals surface area contributed by atoms with Gasteiger partial charge in [0.1, 0.15) is 6.04 Å². The van der Waals surface area contributed by atoms with Crippen LogP contribution < -0.4 is 0 Å². The number of carbonyl (C=O) groups is 1. The predicted octanol–water partition coefficient (Wildman–Crippen LogP) is 4.38. The van der Waals surface area contributed by atoms with E-state index >= 15 is 0 Å². The summed E-state index contributed by atoms with van der Waals surface area (Å²) in [6, 6.07) is 7.82. The van der Waals surface area contributed by atoms with Crippen LogP contribution in [-0.4, -0.2) is 32.3 Å². The Balaban J connectivity index is 1.21. The van der Waals surface area contributed by atoms with Crippen molar-refractivity contribution in [3.05, 3.63) is 46.0 Å². The van der Waals surface area contributed by atoms with E-state index in [0.717, 1.165) is 60.3 Å². The third-order valence-electron chi connectivity index (χ3n) is 6.50. The van der Waals surface area contributed by atoms with Crippen LogP contribution in [0.15, 0.2) is 29.8 Å². The molecule has 1 saturated heterocycles. The lowest BCUT2D eigenvalue weighted by Gasteiger charge is -2.31. The Hall–Kier alpha value is -2.76. The Morgan fingerprint density at radius 1 is 1.29 bits per heavy atom. The molecule has 7 nitrogen and oxygen atoms in total. The van der Waals surface area contributed by atoms with Crippen LogP contribution in [0, 0.1) is 30.1 Å². The van der Waals surface area contributed by atoms with E-state index in [1.54, 1.807) is 16.4 Å². The summed E-state index contributed by atoms with van der Waals surface area (Å²) in [6.45, 7) is 3.38. The van der Waals surface area contributed by atoms with Gasteiger partial charge in [0.15, 0.2) is 0 Å². The summed E-state index contributed by atoms with van der Waals surface area (Å²) >= 11 is 1.61. The van der Waals surface area contributed by atoms with Crippen LogP contribution >= 0.6 is 11.3 Å². The highest BCUT2D eigenvalue weighted by Gasteiger charge is 2.38. The highest BCUT2D eigenvalue weighted by Crippen LogP contribution is 2.37. The van der Waals surface area contributed by atoms with E-state index < -0.39 is 0 Å². The van der Waals surface area contributed by atoms with Crippen LogP contribution in [0.4, 0.5) is 0 Å². The molecule has 1 aromatic carbocycles. The molecule has 160 valence electrons. The molecular weight excluding hydrogens is 410 g/mol. The lowest BCUT2D eigenvalue weighted by atomic mass is 9.81. The van der Waals surface area contributed by atoms with Crippen LogP contribution in [0.1, 0.15) is 54.4 Å². The highest BCUT2D eigenvalue weighted by atomic mass is 32.1. The summed E-state index contributed by atoms with van der Waals surface area (Å²) in [5.74, 6) is 0.598. The van der Waals surface area contributed by atoms with Gasteiger partial charge >= 0.3 is 0 Å². The second-order valence-corrected chi connectivity index (χ2v) is 9.59. The molecule has 2 aliphatic rings. The number of nitrogens with zero attached hydrogens (tertiary/aromatic N) is 5. The molecule has 1 amide bonds. The standard InChI is InChI=1S/C23H25N5O2S/c1-15-26-20(14-31-15)21-8-9-30-28(21)23(29)18-5-2-16(3-6-18)13-27-22-10-17(11-24)4-7-19(22)12-25-27/h4,7,10,12,14,16,18,21H,2-3,5-6,8-9,13H2,1H3/t16?,18?,21-/m0/s1. The first-order valence-corrected chi connectivity index (χ1v) is 11.7. The molecule has 1 saturated carbocycles. The monoisotopic (exact) mass is 435 g/mol. The molecule has 3 heterocycles. The maximum absolute atomic E-state index is 13.2. The van der Waals surface area contributed by atoms with Gasteiger partial charge in [-0.1, -0.05) is 0 Å². The fourth-order valence-electron chi connectivity index (χ4n) is 4.79. The van der Waals surface area contributed by atoms with Crippen molar-refractivity contribution in [1.29, 1.82) is 5.26 Å². The summed E-state index contributed by atoms with van der Waals surface area (Å²) < 4.78 is 2.01. The van der Waals surface area contributed by atoms with Crippen LogP contribution in [0.5, 0.6) is 0 Å². The van der Waals surface area contributed by atoms with Crippen molar-refractivity contribution in [3.8, 4) is 6.07 Å². The normalized spacial score (nSPS) is 23.9. The zero-order valence-corrected chi connectivity index (χ0v) is 18.3. The van der Waals surface area contributed by atoms with E-state index in [-0.39, 0.29) is 17.9 Å². The molecule has 31 heavy (non-hydrogen) atoms. The van der Waals surface area contributed by atoms with Crippen LogP contribution in [0.2, 0.25) is 0 Å². The molecule has 3 aromatic rings. The first-order valence-electron chi connectivity index (χ1n) is 10.9. The van der Waals surface area contributed by atoms with E-state index in [0.29, 0.717) is 18.1 Å². The van der Waals surface area contributed by atoms with Crippen molar-refractivity contribution in [3.63, 3.8) is 0 Å². The SMILES string of the molecule is Cc1nc([C@@H]2CCON2C(=O)C2CCC(Cn3ncc4ccc(C#N)cc43)CC2)cs1. The number of hydroxylamine groups is 2. The fourth-order valence-corrected chi connectivity index (χ4v) is 5.45. The number of hydrogen-bond acceptors (Lipinski definition) is 6. The molecule has 5 rings (SSSR count). The number of rotatable bonds is 4. The average molecular weight is 436 g/mol. The Bertz CT molecular complexity index is 1140. The Morgan fingerprint density at radius 2 is 2.13 bits per heavy atom. The van der Waals surface area contributed by atoms with Gasteiger partial charge in [-0.25, -0.2) is 10.0 Å². The van der Waals surface area contributed by atoms with E-state index in [4.69, 9.17) is 4.84 Å². The van der Waals surface area contributed by atoms with Gasteiger partial charge in [0.2, 0.25) is 5.91 Å². The summed E-state index contributed by atoms with van der Waals surface area (Å²) in [6.07, 6.45) is 6.38. The summed E-state index contributed by atoms with van der Waals surface area (Å²) in [5, 5.41) is 19.4. The number of carbonyl (C=O) groups excluding carboxylic acids is 1. The zero-order chi connectivity index (χ0) is 21.4. The Kier molecular flexibility index (Phi) is 5.47. The van der Waals surface area contributed by atoms with Gasteiger partial charge in [0.05, 0.1) is 40.7 Å². The largest absolute Gasteiger partial charge is 0.272 e. The van der Waals surface area contributed by atoms with Crippen LogP contribution in [0.25, 0.3) is 10.9 Å². The van der Waals surface area contributed by atoms with Crippen LogP contribution in [-0.2, 0) is 16.2 Å². The van der Waals surface area contributed by atoms with Crippen molar-refractivity contribution in [2.75, 3.05) is 6.61 Å². The van der Waals surface area contributed by atoms with Gasteiger partial charge in [-0.15, -0.1) is 11.3 Å². The average Bonchev–Trinajstić information content (AvgIpc) is 3.53. The van der Waals surface area contributed by atoms with Gasteiger partial charge in [-0.2, -0.15) is 10.4 Å². The van der Waals surface area contributed by atoms with Gasteiger partial charge in [-0.3, -0.25) is 14.3 Å². The smallest absolute Gasteiger partial charge is 0.249 e. The number of amides is 1. The maximum atomic E-state index is 13.2. The quantitative estimate of drug-likeness (QED) is 0.607. The van der Waals surface area contributed by atoms with Crippen molar-refractivity contribution in [2.24, 2.45) is 11.8 Å². The lowest BCUT2D eigenvalue weighted by Crippen LogP contribution is -2.37. The fraction of sp³-hybridized carbons (Fsp3) is 0.478. The van der Waals surface area contributed by atoms with Gasteiger partial charge in [0, 0.05) is 29.6 Å². The van der Waals surface area contributed by atoms with Crippen LogP contribution in [0.3, 0.4) is 0 Å². The topological polar surface area (TPSA) is 84.0 Å². The third-order valence-corrected chi connectivity index (χ3v) is 7.29. The minimum Gasteiger partial charge on any atom is -0.272 e. The number of nitriles is 1. The number of fused-ring (bicyclic) bond motifs is 1. The second-order valence-electron chi connectivity index (χ2n) is 8.52. The number of benzene rings is 1. The number of aromatic nitrogens is 3. The van der Waals surface area contributed by atoms with Gasteiger partial charge < -0.3 is 0 Å². The molecule has 1 aliphatic heterocycles. The molecule has 0 unspecified atom stereocenters. The first kappa shape index (κ1) is 20.2. The molecule has 1 aliphatic carbocycles. The molecule has 0 radical (unpaired) electrons. The molecule has 0 bridgehead atoms. The minimum absolute atomic E-state index is 0.0103. The number of thiazole rings is 1. The first-order chi connectivity index (χ1) is 15.1. The third kappa shape index (κ3) is 3.95. The van der Waals surface area contributed by atoms with Crippen molar-refractivity contribution in [2.45, 2.75) is 51.6 Å². The van der Waals surface area contributed by atoms with Gasteiger partial charge in [0.25, 0.3) is 0 Å². The van der Waals surface area contributed by atoms with Crippen molar-refractivity contribution >= 4 is 28.1 Å². The van der Waals surface area contributed by atoms with E-state index in [1.807, 2.05) is 41.4 Å². The Labute approximate surface area is 185 Å². The summed E-state index contributed by atoms with van der Waals surface area (Å²) in [5.41, 5.74) is 2.60. The minimum atomic E-state index is -0.0556. The molecule has 0 spiro atoms. The second kappa shape index (κ2) is 8.40. The highest BCUT2D eigenvalue weighted by molar-refractivity contribution is 7.09. The molecular formula is C23H25N5O2S. The van der Waals surface area contributed by atoms with Gasteiger partial charge in [-0.05, 0) is 56.7 Å². The summed E-state index contributed by atoms with van der Waals surface area (Å²) in [7, 11) is 0. The van der Waals surface area contributed by atoms with E-state index in [1.165, 1.54) is 0 Å². The number of aryl methyl sites for hydroxylation is 1. The van der Waals surface area contributed by atoms with Crippen molar-refractivity contribution in [1.82, 2.24) is 19.8 Å². The maximum Gasteiger partial charge on any atom is 0.249 e. The molecule has 1 atom stereocenters. The van der Waals surface area contributed by atoms with Crippen molar-refractivity contribution < 1.29 is 9.63 Å². The molecule has 8 heteroatoms. The number of hydrogen-bond donors (Lipinski definition) is 0. The molecule has 2 aromatic heterocycles. The zero-order valence-electron chi connectivity index (χ0n) is 17.5. The Morgan fingerprint density at radius 3 is 2.87 bits per heavy atom.